The van der Waals surface area contributed by atoms with E-state index in [2.05, 4.69) is 42.0 Å². The van der Waals surface area contributed by atoms with E-state index in [-0.39, 0.29) is 23.8 Å². The predicted octanol–water partition coefficient (Wildman–Crippen LogP) is 6.68. The number of halogens is 1. The Labute approximate surface area is 235 Å². The van der Waals surface area contributed by atoms with Gasteiger partial charge in [0.2, 0.25) is 5.91 Å². The molecule has 6 heteroatoms. The Kier molecular flexibility index (Phi) is 9.77. The normalized spacial score (nSPS) is 12.5. The van der Waals surface area contributed by atoms with Crippen LogP contribution in [0.4, 0.5) is 0 Å². The first-order chi connectivity index (χ1) is 17.8. The van der Waals surface area contributed by atoms with Gasteiger partial charge in [-0.05, 0) is 70.9 Å². The largest absolute Gasteiger partial charge is 0.483 e. The van der Waals surface area contributed by atoms with Crippen molar-refractivity contribution in [3.05, 3.63) is 100 Å². The number of rotatable bonds is 9. The van der Waals surface area contributed by atoms with Gasteiger partial charge >= 0.3 is 0 Å². The topological polar surface area (TPSA) is 58.6 Å². The fourth-order valence-electron chi connectivity index (χ4n) is 4.09. The van der Waals surface area contributed by atoms with Gasteiger partial charge in [0.05, 0.1) is 4.47 Å². The average Bonchev–Trinajstić information content (AvgIpc) is 2.84. The van der Waals surface area contributed by atoms with Crippen LogP contribution in [0, 0.1) is 0 Å². The summed E-state index contributed by atoms with van der Waals surface area (Å²) in [5, 5.41) is 3.08. The van der Waals surface area contributed by atoms with Crippen molar-refractivity contribution in [2.24, 2.45) is 0 Å². The van der Waals surface area contributed by atoms with E-state index in [0.29, 0.717) is 18.7 Å². The smallest absolute Gasteiger partial charge is 0.261 e. The van der Waals surface area contributed by atoms with E-state index in [9.17, 15) is 9.59 Å². The lowest BCUT2D eigenvalue weighted by Gasteiger charge is -2.33. The summed E-state index contributed by atoms with van der Waals surface area (Å²) in [6.07, 6.45) is 0.394. The van der Waals surface area contributed by atoms with E-state index in [1.165, 1.54) is 0 Å². The van der Waals surface area contributed by atoms with Crippen molar-refractivity contribution in [1.29, 1.82) is 0 Å². The molecule has 1 atom stereocenters. The molecule has 38 heavy (non-hydrogen) atoms. The third-order valence-electron chi connectivity index (χ3n) is 6.11. The molecule has 0 heterocycles. The molecule has 1 N–H and O–H groups in total. The molecule has 0 aromatic heterocycles. The Morgan fingerprint density at radius 3 is 1.97 bits per heavy atom. The third-order valence-corrected chi connectivity index (χ3v) is 6.73. The molecule has 202 valence electrons. The summed E-state index contributed by atoms with van der Waals surface area (Å²) in [4.78, 5) is 29.0. The van der Waals surface area contributed by atoms with Crippen LogP contribution in [0.3, 0.4) is 0 Å². The quantitative estimate of drug-likeness (QED) is 0.308. The van der Waals surface area contributed by atoms with Crippen molar-refractivity contribution in [2.45, 2.75) is 71.5 Å². The Bertz CT molecular complexity index is 1210. The first-order valence-corrected chi connectivity index (χ1v) is 13.7. The lowest BCUT2D eigenvalue weighted by Crippen LogP contribution is -2.55. The van der Waals surface area contributed by atoms with Crippen molar-refractivity contribution in [1.82, 2.24) is 10.2 Å². The van der Waals surface area contributed by atoms with E-state index >= 15 is 0 Å². The number of ether oxygens (including phenoxy) is 1. The summed E-state index contributed by atoms with van der Waals surface area (Å²) >= 11 is 3.60. The molecule has 0 saturated carbocycles. The summed E-state index contributed by atoms with van der Waals surface area (Å²) in [6, 6.07) is 24.7. The average molecular weight is 580 g/mol. The summed E-state index contributed by atoms with van der Waals surface area (Å²) in [5.74, 6) is 0.136. The van der Waals surface area contributed by atoms with Crippen molar-refractivity contribution in [3.8, 4) is 5.75 Å². The molecule has 0 saturated heterocycles. The number of benzene rings is 3. The Balaban J connectivity index is 1.90. The highest BCUT2D eigenvalue weighted by Gasteiger charge is 2.32. The second-order valence-electron chi connectivity index (χ2n) is 11.6. The van der Waals surface area contributed by atoms with Crippen molar-refractivity contribution < 1.29 is 14.3 Å². The monoisotopic (exact) mass is 578 g/mol. The van der Waals surface area contributed by atoms with E-state index < -0.39 is 11.6 Å². The highest BCUT2D eigenvalue weighted by molar-refractivity contribution is 9.10. The highest BCUT2D eigenvalue weighted by Crippen LogP contribution is 2.31. The first-order valence-electron chi connectivity index (χ1n) is 13.0. The van der Waals surface area contributed by atoms with Gasteiger partial charge in [0.15, 0.2) is 6.61 Å². The molecular weight excluding hydrogens is 540 g/mol. The van der Waals surface area contributed by atoms with Gasteiger partial charge < -0.3 is 15.0 Å². The summed E-state index contributed by atoms with van der Waals surface area (Å²) in [6.45, 7) is 12.4. The maximum Gasteiger partial charge on any atom is 0.261 e. The van der Waals surface area contributed by atoms with Crippen LogP contribution in [0.1, 0.15) is 58.2 Å². The number of nitrogens with zero attached hydrogens (tertiary/aromatic N) is 1. The van der Waals surface area contributed by atoms with Gasteiger partial charge in [0.1, 0.15) is 11.8 Å². The number of hydrogen-bond acceptors (Lipinski definition) is 3. The molecule has 0 spiro atoms. The minimum Gasteiger partial charge on any atom is -0.483 e. The zero-order chi connectivity index (χ0) is 27.9. The molecule has 5 nitrogen and oxygen atoms in total. The number of carbonyl (C=O) groups excluding carboxylic acids is 2. The molecule has 3 aromatic carbocycles. The molecule has 3 aromatic rings. The fourth-order valence-corrected chi connectivity index (χ4v) is 4.59. The zero-order valence-corrected chi connectivity index (χ0v) is 24.8. The van der Waals surface area contributed by atoms with Gasteiger partial charge in [-0.15, -0.1) is 0 Å². The fraction of sp³-hybridized carbons (Fsp3) is 0.375. The number of hydrogen-bond donors (Lipinski definition) is 1. The van der Waals surface area contributed by atoms with Crippen LogP contribution in [0.25, 0.3) is 0 Å². The van der Waals surface area contributed by atoms with E-state index in [1.54, 1.807) is 4.90 Å². The van der Waals surface area contributed by atoms with Crippen LogP contribution >= 0.6 is 15.9 Å². The maximum atomic E-state index is 13.8. The number of nitrogens with one attached hydrogen (secondary N) is 1. The van der Waals surface area contributed by atoms with Crippen LogP contribution in [0.2, 0.25) is 0 Å². The van der Waals surface area contributed by atoms with E-state index in [4.69, 9.17) is 4.74 Å². The molecule has 3 rings (SSSR count). The molecular formula is C32H39BrN2O3. The molecule has 0 radical (unpaired) electrons. The van der Waals surface area contributed by atoms with Crippen LogP contribution in [0.15, 0.2) is 83.3 Å². The molecule has 0 unspecified atom stereocenters. The van der Waals surface area contributed by atoms with Crippen LogP contribution < -0.4 is 10.1 Å². The Morgan fingerprint density at radius 2 is 1.45 bits per heavy atom. The van der Waals surface area contributed by atoms with Gasteiger partial charge in [0.25, 0.3) is 5.91 Å². The van der Waals surface area contributed by atoms with Gasteiger partial charge in [0, 0.05) is 18.5 Å². The molecule has 0 aliphatic rings. The van der Waals surface area contributed by atoms with E-state index in [1.807, 2.05) is 99.6 Å². The van der Waals surface area contributed by atoms with Gasteiger partial charge in [-0.2, -0.15) is 0 Å². The SMILES string of the molecule is CC(C)(C)NC(=O)[C@@H](Cc1ccccc1)N(Cc1ccccc1)C(=O)COc1ccc(C(C)(C)C)cc1Br. The van der Waals surface area contributed by atoms with Crippen molar-refractivity contribution in [3.63, 3.8) is 0 Å². The summed E-state index contributed by atoms with van der Waals surface area (Å²) in [5.41, 5.74) is 2.64. The van der Waals surface area contributed by atoms with Crippen LogP contribution in [-0.2, 0) is 28.0 Å². The van der Waals surface area contributed by atoms with Gasteiger partial charge in [-0.1, -0.05) is 87.5 Å². The van der Waals surface area contributed by atoms with Crippen molar-refractivity contribution >= 4 is 27.7 Å². The molecule has 0 aliphatic heterocycles. The molecule has 2 amide bonds. The molecule has 0 aliphatic carbocycles. The van der Waals surface area contributed by atoms with Crippen molar-refractivity contribution in [2.75, 3.05) is 6.61 Å². The minimum absolute atomic E-state index is 0.00553. The lowest BCUT2D eigenvalue weighted by molar-refractivity contribution is -0.143. The molecule has 0 fully saturated rings. The van der Waals surface area contributed by atoms with Gasteiger partial charge in [-0.3, -0.25) is 9.59 Å². The summed E-state index contributed by atoms with van der Waals surface area (Å²) in [7, 11) is 0. The number of amides is 2. The van der Waals surface area contributed by atoms with Crippen LogP contribution in [0.5, 0.6) is 5.75 Å². The summed E-state index contributed by atoms with van der Waals surface area (Å²) < 4.78 is 6.79. The maximum absolute atomic E-state index is 13.8. The van der Waals surface area contributed by atoms with Crippen LogP contribution in [-0.4, -0.2) is 34.9 Å². The van der Waals surface area contributed by atoms with Gasteiger partial charge in [-0.25, -0.2) is 0 Å². The second-order valence-corrected chi connectivity index (χ2v) is 12.5. The Hall–Kier alpha value is -3.12. The highest BCUT2D eigenvalue weighted by atomic mass is 79.9. The number of carbonyl (C=O) groups is 2. The second kappa shape index (κ2) is 12.6. The zero-order valence-electron chi connectivity index (χ0n) is 23.3. The first kappa shape index (κ1) is 29.4. The molecule has 0 bridgehead atoms. The standard InChI is InChI=1S/C32H39BrN2O3/c1-31(2,3)25-17-18-28(26(33)20-25)38-22-29(36)35(21-24-15-11-8-12-16-24)27(30(37)34-32(4,5)6)19-23-13-9-7-10-14-23/h7-18,20,27H,19,21-22H2,1-6H3,(H,34,37)/t27-/m1/s1. The Morgan fingerprint density at radius 1 is 0.868 bits per heavy atom. The van der Waals surface area contributed by atoms with E-state index in [0.717, 1.165) is 21.2 Å². The minimum atomic E-state index is -0.709. The lowest BCUT2D eigenvalue weighted by atomic mass is 9.87. The third kappa shape index (κ3) is 8.73. The predicted molar refractivity (Wildman–Crippen MR) is 157 cm³/mol.